The Bertz CT molecular complexity index is 1720. The molecule has 8 aliphatic rings. The molecule has 0 radical (unpaired) electrons. The normalized spacial score (nSPS) is 34.9. The van der Waals surface area contributed by atoms with Crippen LogP contribution in [0.2, 0.25) is 0 Å². The van der Waals surface area contributed by atoms with Gasteiger partial charge in [0.25, 0.3) is 0 Å². The van der Waals surface area contributed by atoms with Gasteiger partial charge in [-0.25, -0.2) is 15.0 Å². The lowest BCUT2D eigenvalue weighted by Gasteiger charge is -2.39. The molecule has 0 saturated heterocycles. The minimum Gasteiger partial charge on any atom is -0.265 e. The molecule has 1 aromatic rings. The Labute approximate surface area is 326 Å². The molecule has 0 bridgehead atoms. The number of hydrogen-bond acceptors (Lipinski definition) is 4. The molecule has 9 rings (SSSR count). The molecule has 1 aromatic heterocycles. The summed E-state index contributed by atoms with van der Waals surface area (Å²) in [5, 5.41) is 0. The van der Waals surface area contributed by atoms with Gasteiger partial charge in [0.05, 0.1) is 0 Å². The highest BCUT2D eigenvalue weighted by molar-refractivity contribution is 5.91. The van der Waals surface area contributed by atoms with E-state index in [9.17, 15) is 0 Å². The maximum atomic E-state index is 5.35. The summed E-state index contributed by atoms with van der Waals surface area (Å²) in [6.07, 6.45) is 56.2. The number of aliphatic imine (C=N–C) groups is 1. The smallest absolute Gasteiger partial charge is 0.163 e. The first-order chi connectivity index (χ1) is 26.7. The largest absolute Gasteiger partial charge is 0.265 e. The summed E-state index contributed by atoms with van der Waals surface area (Å²) in [7, 11) is 0. The van der Waals surface area contributed by atoms with Gasteiger partial charge in [0.15, 0.2) is 5.82 Å². The molecule has 2 saturated carbocycles. The second-order valence-electron chi connectivity index (χ2n) is 18.5. The van der Waals surface area contributed by atoms with E-state index in [0.29, 0.717) is 29.6 Å². The summed E-state index contributed by atoms with van der Waals surface area (Å²) in [6, 6.07) is 0. The Kier molecular flexibility index (Phi) is 11.7. The van der Waals surface area contributed by atoms with Crippen LogP contribution in [-0.2, 0) is 0 Å². The van der Waals surface area contributed by atoms with E-state index < -0.39 is 0 Å². The zero-order chi connectivity index (χ0) is 36.1. The quantitative estimate of drug-likeness (QED) is 0.251. The lowest BCUT2D eigenvalue weighted by atomic mass is 9.68. The van der Waals surface area contributed by atoms with E-state index in [1.54, 1.807) is 11.1 Å². The van der Waals surface area contributed by atoms with E-state index in [2.05, 4.69) is 67.0 Å². The fourth-order valence-corrected chi connectivity index (χ4v) is 11.9. The molecule has 6 atom stereocenters. The molecule has 6 unspecified atom stereocenters. The standard InChI is InChI=1S/C50H66N4/c1-5-13-35(14-6-1)36-25-29-43(30-26-36)49-52-48(42-19-11-4-12-20-42)53-50(54-49)44-31-27-38(28-32-44)37-21-23-39(24-22-37)45-33-46(40-15-7-2-8-16-40)47(51-34-45)41-17-9-3-10-18-41/h3,7,9,11,15,19-20,25,27,29,34-37,39-41,43-44,46H,1-2,4-6,8,10,12-14,16-18,21-24,26,28,30-33H2. The molecule has 2 heterocycles. The van der Waals surface area contributed by atoms with Gasteiger partial charge in [0.1, 0.15) is 11.6 Å². The SMILES string of the molecule is C1=CC(c2nc(C3C=CC(C4CCCCC4)CC3)nc(C3CC=C(C4CCC(C5=CN=C(C6CC=CCC6)C(C6C=CCCC6)C5)CC4)CC3)n2)=CCC1. The Morgan fingerprint density at radius 1 is 0.519 bits per heavy atom. The average Bonchev–Trinajstić information content (AvgIpc) is 3.27. The topological polar surface area (TPSA) is 51.0 Å². The number of aromatic nitrogens is 3. The van der Waals surface area contributed by atoms with Gasteiger partial charge in [0.2, 0.25) is 0 Å². The third-order valence-electron chi connectivity index (χ3n) is 15.2. The van der Waals surface area contributed by atoms with Crippen molar-refractivity contribution in [3.8, 4) is 0 Å². The van der Waals surface area contributed by atoms with Crippen molar-refractivity contribution in [2.75, 3.05) is 0 Å². The fourth-order valence-electron chi connectivity index (χ4n) is 11.9. The molecule has 7 aliphatic carbocycles. The van der Waals surface area contributed by atoms with E-state index in [1.165, 1.54) is 140 Å². The van der Waals surface area contributed by atoms with Gasteiger partial charge in [-0.3, -0.25) is 4.99 Å². The summed E-state index contributed by atoms with van der Waals surface area (Å²) in [5.74, 6) is 8.79. The van der Waals surface area contributed by atoms with Gasteiger partial charge in [-0.2, -0.15) is 0 Å². The molecule has 286 valence electrons. The highest BCUT2D eigenvalue weighted by Gasteiger charge is 2.36. The first-order valence-corrected chi connectivity index (χ1v) is 22.8. The van der Waals surface area contributed by atoms with Crippen LogP contribution in [0.3, 0.4) is 0 Å². The second-order valence-corrected chi connectivity index (χ2v) is 18.5. The van der Waals surface area contributed by atoms with Crippen molar-refractivity contribution in [2.45, 2.75) is 160 Å². The summed E-state index contributed by atoms with van der Waals surface area (Å²) in [4.78, 5) is 21.1. The van der Waals surface area contributed by atoms with E-state index >= 15 is 0 Å². The van der Waals surface area contributed by atoms with Crippen LogP contribution in [0.25, 0.3) is 5.57 Å². The van der Waals surface area contributed by atoms with E-state index in [1.807, 2.05) is 0 Å². The van der Waals surface area contributed by atoms with Crippen LogP contribution < -0.4 is 0 Å². The van der Waals surface area contributed by atoms with Gasteiger partial charge in [-0.15, -0.1) is 0 Å². The van der Waals surface area contributed by atoms with Gasteiger partial charge < -0.3 is 0 Å². The summed E-state index contributed by atoms with van der Waals surface area (Å²) in [5.41, 5.74) is 6.14. The average molecular weight is 723 g/mol. The van der Waals surface area contributed by atoms with Crippen LogP contribution >= 0.6 is 0 Å². The van der Waals surface area contributed by atoms with Gasteiger partial charge in [-0.1, -0.05) is 85.6 Å². The molecular formula is C50H66N4. The van der Waals surface area contributed by atoms with Gasteiger partial charge >= 0.3 is 0 Å². The predicted molar refractivity (Wildman–Crippen MR) is 224 cm³/mol. The van der Waals surface area contributed by atoms with Crippen molar-refractivity contribution in [3.05, 3.63) is 95.6 Å². The molecule has 54 heavy (non-hydrogen) atoms. The summed E-state index contributed by atoms with van der Waals surface area (Å²) in [6.45, 7) is 0. The Balaban J connectivity index is 0.856. The number of allylic oxidation sites excluding steroid dienone is 13. The first-order valence-electron chi connectivity index (χ1n) is 22.8. The number of rotatable bonds is 8. The van der Waals surface area contributed by atoms with Crippen LogP contribution in [0, 0.1) is 41.4 Å². The molecule has 4 heteroatoms. The zero-order valence-corrected chi connectivity index (χ0v) is 33.1. The number of hydrogen-bond donors (Lipinski definition) is 0. The summed E-state index contributed by atoms with van der Waals surface area (Å²) < 4.78 is 0. The van der Waals surface area contributed by atoms with E-state index in [-0.39, 0.29) is 0 Å². The maximum Gasteiger partial charge on any atom is 0.163 e. The third-order valence-corrected chi connectivity index (χ3v) is 15.2. The Hall–Kier alpha value is -3.14. The van der Waals surface area contributed by atoms with Crippen molar-refractivity contribution in [2.24, 2.45) is 46.4 Å². The summed E-state index contributed by atoms with van der Waals surface area (Å²) >= 11 is 0. The molecular weight excluding hydrogens is 657 g/mol. The molecule has 0 spiro atoms. The second kappa shape index (κ2) is 17.3. The van der Waals surface area contributed by atoms with Crippen molar-refractivity contribution in [1.82, 2.24) is 15.0 Å². The minimum absolute atomic E-state index is 0.318. The Morgan fingerprint density at radius 2 is 1.39 bits per heavy atom. The lowest BCUT2D eigenvalue weighted by Crippen LogP contribution is -2.33. The number of nitrogens with zero attached hydrogens (tertiary/aromatic N) is 4. The van der Waals surface area contributed by atoms with Gasteiger partial charge in [0, 0.05) is 41.2 Å². The Morgan fingerprint density at radius 3 is 2.11 bits per heavy atom. The molecule has 0 amide bonds. The van der Waals surface area contributed by atoms with Crippen molar-refractivity contribution in [1.29, 1.82) is 0 Å². The van der Waals surface area contributed by atoms with Crippen LogP contribution in [0.15, 0.2) is 83.1 Å². The van der Waals surface area contributed by atoms with Crippen LogP contribution in [-0.4, -0.2) is 20.7 Å². The van der Waals surface area contributed by atoms with Crippen molar-refractivity contribution in [3.63, 3.8) is 0 Å². The molecule has 0 N–H and O–H groups in total. The predicted octanol–water partition coefficient (Wildman–Crippen LogP) is 13.3. The maximum absolute atomic E-state index is 5.35. The lowest BCUT2D eigenvalue weighted by molar-refractivity contribution is 0.263. The molecule has 2 fully saturated rings. The molecule has 1 aliphatic heterocycles. The van der Waals surface area contributed by atoms with Gasteiger partial charge in [-0.05, 0) is 164 Å². The monoisotopic (exact) mass is 723 g/mol. The fraction of sp³-hybridized carbons (Fsp3) is 0.640. The highest BCUT2D eigenvalue weighted by Crippen LogP contribution is 2.46. The third kappa shape index (κ3) is 8.34. The molecule has 0 aromatic carbocycles. The highest BCUT2D eigenvalue weighted by atomic mass is 15.0. The zero-order valence-electron chi connectivity index (χ0n) is 33.1. The molecule has 4 nitrogen and oxygen atoms in total. The van der Waals surface area contributed by atoms with E-state index in [4.69, 9.17) is 19.9 Å². The van der Waals surface area contributed by atoms with Crippen LogP contribution in [0.1, 0.15) is 177 Å². The van der Waals surface area contributed by atoms with Crippen LogP contribution in [0.4, 0.5) is 0 Å². The minimum atomic E-state index is 0.318. The van der Waals surface area contributed by atoms with Crippen molar-refractivity contribution >= 4 is 11.3 Å². The first kappa shape index (κ1) is 36.5. The van der Waals surface area contributed by atoms with E-state index in [0.717, 1.165) is 60.4 Å². The van der Waals surface area contributed by atoms with Crippen molar-refractivity contribution < 1.29 is 0 Å². The van der Waals surface area contributed by atoms with Crippen LogP contribution in [0.5, 0.6) is 0 Å².